The number of sulfonamides is 1. The lowest BCUT2D eigenvalue weighted by Crippen LogP contribution is -2.41. The first-order valence-corrected chi connectivity index (χ1v) is 10.8. The average molecular weight is 388 g/mol. The Balaban J connectivity index is 1.73. The first-order chi connectivity index (χ1) is 12.8. The van der Waals surface area contributed by atoms with Crippen molar-refractivity contribution >= 4 is 27.3 Å². The van der Waals surface area contributed by atoms with Gasteiger partial charge in [0.15, 0.2) is 6.10 Å². The summed E-state index contributed by atoms with van der Waals surface area (Å²) in [4.78, 5) is 14.8. The maximum absolute atomic E-state index is 13.0. The minimum atomic E-state index is -3.32. The number of anilines is 2. The zero-order valence-corrected chi connectivity index (χ0v) is 16.6. The molecule has 1 aliphatic rings. The molecule has 1 unspecified atom stereocenters. The topological polar surface area (TPSA) is 66.9 Å². The molecule has 0 bridgehead atoms. The van der Waals surface area contributed by atoms with Gasteiger partial charge in [-0.25, -0.2) is 8.42 Å². The second-order valence-corrected chi connectivity index (χ2v) is 8.62. The van der Waals surface area contributed by atoms with Crippen LogP contribution < -0.4 is 13.9 Å². The van der Waals surface area contributed by atoms with Gasteiger partial charge in [-0.3, -0.25) is 9.10 Å². The van der Waals surface area contributed by atoms with Gasteiger partial charge in [0.2, 0.25) is 10.0 Å². The highest BCUT2D eigenvalue weighted by Gasteiger charge is 2.30. The van der Waals surface area contributed by atoms with E-state index in [2.05, 4.69) is 0 Å². The summed E-state index contributed by atoms with van der Waals surface area (Å²) in [6.45, 7) is 2.58. The Morgan fingerprint density at radius 3 is 2.48 bits per heavy atom. The molecule has 0 aromatic heterocycles. The summed E-state index contributed by atoms with van der Waals surface area (Å²) in [5.74, 6) is 0.480. The number of ether oxygens (including phenoxy) is 1. The van der Waals surface area contributed by atoms with Crippen molar-refractivity contribution in [1.82, 2.24) is 0 Å². The van der Waals surface area contributed by atoms with E-state index in [-0.39, 0.29) is 5.91 Å². The molecule has 1 heterocycles. The molecule has 27 heavy (non-hydrogen) atoms. The van der Waals surface area contributed by atoms with Gasteiger partial charge in [0.25, 0.3) is 5.91 Å². The van der Waals surface area contributed by atoms with Crippen LogP contribution in [0.25, 0.3) is 0 Å². The van der Waals surface area contributed by atoms with Gasteiger partial charge < -0.3 is 9.64 Å². The van der Waals surface area contributed by atoms with Crippen LogP contribution in [0.15, 0.2) is 48.5 Å². The zero-order valence-electron chi connectivity index (χ0n) is 15.8. The van der Waals surface area contributed by atoms with E-state index < -0.39 is 16.1 Å². The first kappa shape index (κ1) is 19.2. The third-order valence-corrected chi connectivity index (χ3v) is 5.98. The van der Waals surface area contributed by atoms with Gasteiger partial charge >= 0.3 is 0 Å². The Hall–Kier alpha value is -2.54. The van der Waals surface area contributed by atoms with Gasteiger partial charge in [-0.05, 0) is 48.7 Å². The number of nitrogens with zero attached hydrogens (tertiary/aromatic N) is 2. The molecule has 3 rings (SSSR count). The van der Waals surface area contributed by atoms with Crippen molar-refractivity contribution in [2.24, 2.45) is 0 Å². The lowest BCUT2D eigenvalue weighted by atomic mass is 10.2. The highest BCUT2D eigenvalue weighted by molar-refractivity contribution is 7.92. The van der Waals surface area contributed by atoms with Crippen LogP contribution in [0.3, 0.4) is 0 Å². The highest BCUT2D eigenvalue weighted by atomic mass is 32.2. The van der Waals surface area contributed by atoms with E-state index in [1.54, 1.807) is 29.2 Å². The van der Waals surface area contributed by atoms with E-state index in [4.69, 9.17) is 4.74 Å². The fourth-order valence-corrected chi connectivity index (χ4v) is 3.64. The largest absolute Gasteiger partial charge is 0.481 e. The van der Waals surface area contributed by atoms with Crippen molar-refractivity contribution in [2.45, 2.75) is 25.9 Å². The molecule has 0 N–H and O–H groups in total. The van der Waals surface area contributed by atoms with Crippen molar-refractivity contribution in [2.75, 3.05) is 29.1 Å². The maximum Gasteiger partial charge on any atom is 0.268 e. The lowest BCUT2D eigenvalue weighted by Gasteiger charge is -2.24. The van der Waals surface area contributed by atoms with Gasteiger partial charge in [-0.15, -0.1) is 0 Å². The Kier molecular flexibility index (Phi) is 5.41. The molecule has 144 valence electrons. The van der Waals surface area contributed by atoms with Crippen LogP contribution >= 0.6 is 0 Å². The summed E-state index contributed by atoms with van der Waals surface area (Å²) in [5.41, 5.74) is 2.67. The predicted octanol–water partition coefficient (Wildman–Crippen LogP) is 2.83. The number of carbonyl (C=O) groups excluding carboxylic acids is 1. The van der Waals surface area contributed by atoms with Crippen LogP contribution in [0.4, 0.5) is 11.4 Å². The number of amides is 1. The molecule has 1 atom stereocenters. The van der Waals surface area contributed by atoms with Crippen LogP contribution in [0.1, 0.15) is 18.9 Å². The Morgan fingerprint density at radius 1 is 1.19 bits per heavy atom. The number of rotatable bonds is 6. The van der Waals surface area contributed by atoms with Crippen molar-refractivity contribution in [3.8, 4) is 5.75 Å². The van der Waals surface area contributed by atoms with Crippen LogP contribution in [-0.4, -0.2) is 40.3 Å². The van der Waals surface area contributed by atoms with E-state index in [9.17, 15) is 13.2 Å². The second kappa shape index (κ2) is 7.60. The van der Waals surface area contributed by atoms with E-state index in [1.807, 2.05) is 31.2 Å². The minimum Gasteiger partial charge on any atom is -0.481 e. The Bertz CT molecular complexity index is 925. The van der Waals surface area contributed by atoms with Gasteiger partial charge in [-0.1, -0.05) is 25.1 Å². The number of carbonyl (C=O) groups is 1. The molecule has 0 aliphatic carbocycles. The van der Waals surface area contributed by atoms with E-state index >= 15 is 0 Å². The summed E-state index contributed by atoms with van der Waals surface area (Å²) in [6.07, 6.45) is 1.96. The van der Waals surface area contributed by atoms with Crippen molar-refractivity contribution < 1.29 is 17.9 Å². The van der Waals surface area contributed by atoms with Crippen LogP contribution in [0.2, 0.25) is 0 Å². The van der Waals surface area contributed by atoms with E-state index in [1.165, 1.54) is 16.9 Å². The molecule has 0 fully saturated rings. The normalized spacial score (nSPS) is 14.6. The molecule has 1 amide bonds. The Morgan fingerprint density at radius 2 is 1.85 bits per heavy atom. The fraction of sp³-hybridized carbons (Fsp3) is 0.350. The van der Waals surface area contributed by atoms with E-state index in [0.717, 1.165) is 18.4 Å². The minimum absolute atomic E-state index is 0.0558. The molecule has 7 heteroatoms. The molecule has 0 spiro atoms. The van der Waals surface area contributed by atoms with Gasteiger partial charge in [0.1, 0.15) is 5.75 Å². The summed E-state index contributed by atoms with van der Waals surface area (Å²) in [5, 5.41) is 0. The zero-order chi connectivity index (χ0) is 19.6. The van der Waals surface area contributed by atoms with Crippen molar-refractivity contribution in [3.63, 3.8) is 0 Å². The van der Waals surface area contributed by atoms with E-state index in [0.29, 0.717) is 24.4 Å². The monoisotopic (exact) mass is 388 g/mol. The standard InChI is InChI=1S/C20H24N2O4S/c1-4-19(20(23)22-14-13-15-7-5-6-8-18(15)22)26-17-11-9-16(10-12-17)21(2)27(3,24)25/h5-12,19H,4,13-14H2,1-3H3. The van der Waals surface area contributed by atoms with Gasteiger partial charge in [-0.2, -0.15) is 0 Å². The molecule has 0 saturated carbocycles. The number of fused-ring (bicyclic) bond motifs is 1. The smallest absolute Gasteiger partial charge is 0.268 e. The molecule has 2 aromatic carbocycles. The van der Waals surface area contributed by atoms with Crippen molar-refractivity contribution in [3.05, 3.63) is 54.1 Å². The number of hydrogen-bond donors (Lipinski definition) is 0. The summed E-state index contributed by atoms with van der Waals surface area (Å²) in [6, 6.07) is 14.6. The number of para-hydroxylation sites is 1. The molecule has 2 aromatic rings. The summed E-state index contributed by atoms with van der Waals surface area (Å²) < 4.78 is 30.4. The first-order valence-electron chi connectivity index (χ1n) is 8.91. The molecule has 1 aliphatic heterocycles. The molecule has 0 radical (unpaired) electrons. The van der Waals surface area contributed by atoms with Gasteiger partial charge in [0, 0.05) is 19.3 Å². The molecular formula is C20H24N2O4S. The lowest BCUT2D eigenvalue weighted by molar-refractivity contribution is -0.125. The fourth-order valence-electron chi connectivity index (χ4n) is 3.14. The van der Waals surface area contributed by atoms with Crippen LogP contribution in [0.5, 0.6) is 5.75 Å². The predicted molar refractivity (Wildman–Crippen MR) is 107 cm³/mol. The molecule has 0 saturated heterocycles. The van der Waals surface area contributed by atoms with Crippen LogP contribution in [0, 0.1) is 0 Å². The summed E-state index contributed by atoms with van der Waals surface area (Å²) in [7, 11) is -1.82. The molecular weight excluding hydrogens is 364 g/mol. The third kappa shape index (κ3) is 4.08. The number of hydrogen-bond acceptors (Lipinski definition) is 4. The third-order valence-electron chi connectivity index (χ3n) is 4.78. The SMILES string of the molecule is CCC(Oc1ccc(N(C)S(C)(=O)=O)cc1)C(=O)N1CCc2ccccc21. The quantitative estimate of drug-likeness (QED) is 0.763. The van der Waals surface area contributed by atoms with Crippen LogP contribution in [-0.2, 0) is 21.2 Å². The van der Waals surface area contributed by atoms with Crippen molar-refractivity contribution in [1.29, 1.82) is 0 Å². The summed E-state index contributed by atoms with van der Waals surface area (Å²) >= 11 is 0. The van der Waals surface area contributed by atoms with Gasteiger partial charge in [0.05, 0.1) is 11.9 Å². The maximum atomic E-state index is 13.0. The Labute approximate surface area is 160 Å². The average Bonchev–Trinajstić information content (AvgIpc) is 3.09. The molecule has 6 nitrogen and oxygen atoms in total. The highest BCUT2D eigenvalue weighted by Crippen LogP contribution is 2.29. The number of benzene rings is 2. The second-order valence-electron chi connectivity index (χ2n) is 6.61.